The van der Waals surface area contributed by atoms with Crippen LogP contribution < -0.4 is 16.2 Å². The molecule has 0 radical (unpaired) electrons. The highest BCUT2D eigenvalue weighted by Gasteiger charge is 2.26. The Labute approximate surface area is 206 Å². The topological polar surface area (TPSA) is 91.1 Å². The highest BCUT2D eigenvalue weighted by molar-refractivity contribution is 5.87. The fourth-order valence-corrected chi connectivity index (χ4v) is 4.95. The molecular formula is C27H26F2N6O. The summed E-state index contributed by atoms with van der Waals surface area (Å²) in [6, 6.07) is 12.0. The van der Waals surface area contributed by atoms with Crippen molar-refractivity contribution in [2.75, 3.05) is 43.4 Å². The molecule has 6 rings (SSSR count). The number of halogens is 2. The molecule has 3 N–H and O–H groups in total. The molecule has 0 atom stereocenters. The summed E-state index contributed by atoms with van der Waals surface area (Å²) in [5, 5.41) is -0.140. The molecule has 0 bridgehead atoms. The molecule has 9 heteroatoms. The molecule has 2 aliphatic rings. The fraction of sp³-hybridized carbons (Fsp3) is 0.296. The van der Waals surface area contributed by atoms with Gasteiger partial charge in [0.1, 0.15) is 17.0 Å². The normalized spacial score (nSPS) is 16.6. The number of aromatic nitrogens is 3. The minimum atomic E-state index is -0.733. The third-order valence-corrected chi connectivity index (χ3v) is 7.14. The molecule has 2 fully saturated rings. The number of piperazine rings is 1. The first kappa shape index (κ1) is 22.6. The number of nitrogens with two attached hydrogens (primary N) is 1. The monoisotopic (exact) mass is 488 g/mol. The second-order valence-corrected chi connectivity index (χ2v) is 9.62. The number of rotatable bonds is 5. The van der Waals surface area contributed by atoms with E-state index in [1.54, 1.807) is 12.1 Å². The first-order valence-corrected chi connectivity index (χ1v) is 12.2. The van der Waals surface area contributed by atoms with Crippen molar-refractivity contribution in [1.29, 1.82) is 0 Å². The van der Waals surface area contributed by atoms with Gasteiger partial charge in [-0.3, -0.25) is 9.69 Å². The summed E-state index contributed by atoms with van der Waals surface area (Å²) in [5.74, 6) is -0.605. The smallest absolute Gasteiger partial charge is 0.261 e. The lowest BCUT2D eigenvalue weighted by Crippen LogP contribution is -2.47. The zero-order valence-electron chi connectivity index (χ0n) is 19.7. The lowest BCUT2D eigenvalue weighted by Gasteiger charge is -2.36. The number of nitrogens with one attached hydrogen (secondary N) is 1. The Morgan fingerprint density at radius 1 is 0.972 bits per heavy atom. The van der Waals surface area contributed by atoms with E-state index in [0.717, 1.165) is 37.8 Å². The van der Waals surface area contributed by atoms with Crippen LogP contribution in [0.2, 0.25) is 0 Å². The molecule has 3 heterocycles. The highest BCUT2D eigenvalue weighted by Crippen LogP contribution is 2.34. The largest absolute Gasteiger partial charge is 0.383 e. The molecule has 184 valence electrons. The molecule has 36 heavy (non-hydrogen) atoms. The van der Waals surface area contributed by atoms with Gasteiger partial charge in [0.2, 0.25) is 5.95 Å². The summed E-state index contributed by atoms with van der Waals surface area (Å²) in [7, 11) is 0. The summed E-state index contributed by atoms with van der Waals surface area (Å²) >= 11 is 0. The predicted octanol–water partition coefficient (Wildman–Crippen LogP) is 4.04. The zero-order chi connectivity index (χ0) is 24.8. The van der Waals surface area contributed by atoms with E-state index in [4.69, 9.17) is 5.73 Å². The number of aromatic amines is 1. The lowest BCUT2D eigenvalue weighted by atomic mass is 9.99. The Morgan fingerprint density at radius 2 is 1.72 bits per heavy atom. The van der Waals surface area contributed by atoms with Gasteiger partial charge < -0.3 is 15.6 Å². The van der Waals surface area contributed by atoms with Crippen molar-refractivity contribution in [3.05, 3.63) is 70.9 Å². The summed E-state index contributed by atoms with van der Waals surface area (Å²) in [5.41, 5.74) is 8.37. The molecule has 7 nitrogen and oxygen atoms in total. The maximum atomic E-state index is 14.9. The number of benzene rings is 2. The van der Waals surface area contributed by atoms with Crippen LogP contribution in [0.25, 0.3) is 33.2 Å². The van der Waals surface area contributed by atoms with Crippen LogP contribution in [0.4, 0.5) is 20.3 Å². The van der Waals surface area contributed by atoms with Crippen LogP contribution in [0.3, 0.4) is 0 Å². The average Bonchev–Trinajstić information content (AvgIpc) is 3.69. The molecule has 1 aliphatic heterocycles. The van der Waals surface area contributed by atoms with Gasteiger partial charge in [0.15, 0.2) is 0 Å². The van der Waals surface area contributed by atoms with E-state index < -0.39 is 17.3 Å². The summed E-state index contributed by atoms with van der Waals surface area (Å²) in [6.07, 6.45) is 3.94. The van der Waals surface area contributed by atoms with Crippen LogP contribution in [-0.2, 0) is 0 Å². The SMILES string of the molecule is Nc1nc(F)c(-c2ccc(N3CCN(CC4CC4)CC3)cc2)cc1-c1cc(F)c2c(=O)[nH]cnc2c1. The summed E-state index contributed by atoms with van der Waals surface area (Å²) in [4.78, 5) is 27.2. The van der Waals surface area contributed by atoms with Crippen molar-refractivity contribution in [2.24, 2.45) is 5.92 Å². The van der Waals surface area contributed by atoms with Crippen LogP contribution in [0.1, 0.15) is 12.8 Å². The van der Waals surface area contributed by atoms with E-state index in [0.29, 0.717) is 16.7 Å². The van der Waals surface area contributed by atoms with Crippen molar-refractivity contribution in [3.63, 3.8) is 0 Å². The Bertz CT molecular complexity index is 1490. The number of pyridine rings is 1. The lowest BCUT2D eigenvalue weighted by molar-refractivity contribution is 0.248. The highest BCUT2D eigenvalue weighted by atomic mass is 19.1. The Kier molecular flexibility index (Phi) is 5.64. The molecule has 2 aromatic heterocycles. The first-order chi connectivity index (χ1) is 17.5. The van der Waals surface area contributed by atoms with Crippen LogP contribution in [0.15, 0.2) is 53.6 Å². The molecule has 0 spiro atoms. The van der Waals surface area contributed by atoms with Crippen molar-refractivity contribution >= 4 is 22.4 Å². The van der Waals surface area contributed by atoms with Gasteiger partial charge in [0.05, 0.1) is 11.8 Å². The summed E-state index contributed by atoms with van der Waals surface area (Å²) in [6.45, 7) is 5.27. The third-order valence-electron chi connectivity index (χ3n) is 7.14. The first-order valence-electron chi connectivity index (χ1n) is 12.2. The number of nitrogens with zero attached hydrogens (tertiary/aromatic N) is 4. The predicted molar refractivity (Wildman–Crippen MR) is 137 cm³/mol. The molecule has 1 aliphatic carbocycles. The molecule has 0 amide bonds. The Morgan fingerprint density at radius 3 is 2.44 bits per heavy atom. The van der Waals surface area contributed by atoms with Crippen molar-refractivity contribution in [2.45, 2.75) is 12.8 Å². The van der Waals surface area contributed by atoms with Crippen LogP contribution in [0.5, 0.6) is 0 Å². The second kappa shape index (κ2) is 8.98. The van der Waals surface area contributed by atoms with Gasteiger partial charge in [-0.05, 0) is 60.2 Å². The molecule has 1 saturated carbocycles. The van der Waals surface area contributed by atoms with E-state index in [1.165, 1.54) is 31.8 Å². The van der Waals surface area contributed by atoms with Crippen LogP contribution in [0, 0.1) is 17.7 Å². The van der Waals surface area contributed by atoms with Crippen molar-refractivity contribution < 1.29 is 8.78 Å². The Hall–Kier alpha value is -3.85. The number of anilines is 2. The minimum absolute atomic E-state index is 0.0690. The van der Waals surface area contributed by atoms with Crippen LogP contribution >= 0.6 is 0 Å². The summed E-state index contributed by atoms with van der Waals surface area (Å²) < 4.78 is 29.6. The fourth-order valence-electron chi connectivity index (χ4n) is 4.95. The molecule has 0 unspecified atom stereocenters. The Balaban J connectivity index is 1.28. The average molecular weight is 489 g/mol. The van der Waals surface area contributed by atoms with Crippen molar-refractivity contribution in [1.82, 2.24) is 19.9 Å². The van der Waals surface area contributed by atoms with Gasteiger partial charge in [-0.1, -0.05) is 12.1 Å². The van der Waals surface area contributed by atoms with E-state index in [2.05, 4.69) is 24.8 Å². The van der Waals surface area contributed by atoms with Crippen molar-refractivity contribution in [3.8, 4) is 22.3 Å². The molecule has 4 aromatic rings. The van der Waals surface area contributed by atoms with E-state index in [9.17, 15) is 13.6 Å². The number of hydrogen-bond acceptors (Lipinski definition) is 6. The van der Waals surface area contributed by atoms with Gasteiger partial charge in [-0.2, -0.15) is 4.39 Å². The molecule has 1 saturated heterocycles. The second-order valence-electron chi connectivity index (χ2n) is 9.62. The van der Waals surface area contributed by atoms with Gasteiger partial charge in [-0.15, -0.1) is 0 Å². The quantitative estimate of drug-likeness (QED) is 0.412. The van der Waals surface area contributed by atoms with E-state index >= 15 is 0 Å². The molecular weight excluding hydrogens is 462 g/mol. The maximum Gasteiger partial charge on any atom is 0.261 e. The number of H-pyrrole nitrogens is 1. The van der Waals surface area contributed by atoms with Gasteiger partial charge in [-0.25, -0.2) is 14.4 Å². The third kappa shape index (κ3) is 4.30. The van der Waals surface area contributed by atoms with Gasteiger partial charge in [0, 0.05) is 49.5 Å². The van der Waals surface area contributed by atoms with Gasteiger partial charge in [0.25, 0.3) is 5.56 Å². The molecule has 2 aromatic carbocycles. The van der Waals surface area contributed by atoms with Crippen LogP contribution in [-0.4, -0.2) is 52.6 Å². The van der Waals surface area contributed by atoms with E-state index in [-0.39, 0.29) is 22.3 Å². The number of hydrogen-bond donors (Lipinski definition) is 2. The number of fused-ring (bicyclic) bond motifs is 1. The van der Waals surface area contributed by atoms with Gasteiger partial charge >= 0.3 is 0 Å². The van der Waals surface area contributed by atoms with E-state index in [1.807, 2.05) is 24.3 Å². The number of nitrogen functional groups attached to an aromatic ring is 1. The minimum Gasteiger partial charge on any atom is -0.383 e. The zero-order valence-corrected chi connectivity index (χ0v) is 19.7. The standard InChI is InChI=1S/C27H26F2N6O/c28-22-11-18(12-23-24(22)27(36)32-15-31-23)21-13-20(25(29)33-26(21)30)17-3-5-19(6-4-17)35-9-7-34(8-10-35)14-16-1-2-16/h3-6,11-13,15-16H,1-2,7-10,14H2,(H2,30,33)(H,31,32,36). The maximum absolute atomic E-state index is 14.9.